The van der Waals surface area contributed by atoms with Gasteiger partial charge in [0, 0.05) is 24.4 Å². The van der Waals surface area contributed by atoms with E-state index in [1.165, 1.54) is 0 Å². The summed E-state index contributed by atoms with van der Waals surface area (Å²) >= 11 is 0. The normalized spacial score (nSPS) is 28.8. The van der Waals surface area contributed by atoms with E-state index in [9.17, 15) is 4.79 Å². The average Bonchev–Trinajstić information content (AvgIpc) is 3.07. The molecule has 0 N–H and O–H groups in total. The average molecular weight is 285 g/mol. The lowest BCUT2D eigenvalue weighted by atomic mass is 9.93. The van der Waals surface area contributed by atoms with Crippen LogP contribution >= 0.6 is 0 Å². The molecule has 110 valence electrons. The zero-order chi connectivity index (χ0) is 14.4. The summed E-state index contributed by atoms with van der Waals surface area (Å²) in [6.07, 6.45) is 2.64. The Labute approximate surface area is 123 Å². The molecule has 0 radical (unpaired) electrons. The maximum Gasteiger partial charge on any atom is 0.289 e. The van der Waals surface area contributed by atoms with Crippen LogP contribution in [-0.4, -0.2) is 36.1 Å². The summed E-state index contributed by atoms with van der Waals surface area (Å²) in [5.41, 5.74) is 0.772. The number of fused-ring (bicyclic) bond motifs is 2. The van der Waals surface area contributed by atoms with Crippen molar-refractivity contribution in [3.8, 4) is 0 Å². The topological polar surface area (TPSA) is 42.7 Å². The first-order valence-electron chi connectivity index (χ1n) is 7.64. The minimum Gasteiger partial charge on any atom is -0.451 e. The second-order valence-corrected chi connectivity index (χ2v) is 6.17. The van der Waals surface area contributed by atoms with Gasteiger partial charge in [-0.05, 0) is 31.9 Å². The highest BCUT2D eigenvalue weighted by Crippen LogP contribution is 2.33. The fourth-order valence-electron chi connectivity index (χ4n) is 3.62. The van der Waals surface area contributed by atoms with E-state index < -0.39 is 0 Å². The maximum absolute atomic E-state index is 12.6. The second-order valence-electron chi connectivity index (χ2n) is 6.17. The van der Waals surface area contributed by atoms with Gasteiger partial charge in [0.15, 0.2) is 5.76 Å². The summed E-state index contributed by atoms with van der Waals surface area (Å²) in [6, 6.07) is 9.58. The molecule has 2 aliphatic heterocycles. The third-order valence-corrected chi connectivity index (χ3v) is 4.63. The lowest BCUT2D eigenvalue weighted by Gasteiger charge is -2.33. The number of amides is 1. The number of likely N-dealkylation sites (tertiary alicyclic amines) is 1. The van der Waals surface area contributed by atoms with Crippen LogP contribution in [-0.2, 0) is 4.74 Å². The van der Waals surface area contributed by atoms with Crippen LogP contribution in [0, 0.1) is 5.92 Å². The van der Waals surface area contributed by atoms with Gasteiger partial charge in [0.05, 0.1) is 12.2 Å². The van der Waals surface area contributed by atoms with Crippen molar-refractivity contribution >= 4 is 16.9 Å². The first kappa shape index (κ1) is 12.9. The molecular formula is C17H19NO3. The van der Waals surface area contributed by atoms with Gasteiger partial charge in [-0.1, -0.05) is 18.2 Å². The highest BCUT2D eigenvalue weighted by Gasteiger charge is 2.39. The molecule has 4 heteroatoms. The summed E-state index contributed by atoms with van der Waals surface area (Å²) in [5, 5.41) is 0.980. The number of carbonyl (C=O) groups excluding carboxylic acids is 1. The molecule has 2 aromatic rings. The molecule has 0 bridgehead atoms. The van der Waals surface area contributed by atoms with E-state index in [2.05, 4.69) is 6.92 Å². The van der Waals surface area contributed by atoms with Crippen LogP contribution in [0.4, 0.5) is 0 Å². The minimum absolute atomic E-state index is 0.00389. The minimum atomic E-state index is 0.00389. The molecular weight excluding hydrogens is 266 g/mol. The Bertz CT molecular complexity index is 644. The Balaban J connectivity index is 1.54. The van der Waals surface area contributed by atoms with Crippen molar-refractivity contribution in [2.75, 3.05) is 13.1 Å². The van der Waals surface area contributed by atoms with Gasteiger partial charge in [-0.2, -0.15) is 0 Å². The number of piperidine rings is 1. The third kappa shape index (κ3) is 2.23. The van der Waals surface area contributed by atoms with E-state index >= 15 is 0 Å². The molecule has 4 nitrogen and oxygen atoms in total. The number of carbonyl (C=O) groups is 1. The van der Waals surface area contributed by atoms with E-state index in [0.717, 1.165) is 36.9 Å². The molecule has 21 heavy (non-hydrogen) atoms. The van der Waals surface area contributed by atoms with Crippen LogP contribution in [0.5, 0.6) is 0 Å². The highest BCUT2D eigenvalue weighted by molar-refractivity contribution is 5.96. The summed E-state index contributed by atoms with van der Waals surface area (Å²) in [7, 11) is 0. The monoisotopic (exact) mass is 285 g/mol. The van der Waals surface area contributed by atoms with Gasteiger partial charge in [-0.15, -0.1) is 0 Å². The number of hydrogen-bond donors (Lipinski definition) is 0. The van der Waals surface area contributed by atoms with Crippen molar-refractivity contribution in [1.29, 1.82) is 0 Å². The van der Waals surface area contributed by atoms with E-state index in [1.54, 1.807) is 0 Å². The summed E-state index contributed by atoms with van der Waals surface area (Å²) in [6.45, 7) is 3.65. The van der Waals surface area contributed by atoms with E-state index in [-0.39, 0.29) is 5.91 Å². The van der Waals surface area contributed by atoms with Crippen molar-refractivity contribution in [3.63, 3.8) is 0 Å². The van der Waals surface area contributed by atoms with Crippen molar-refractivity contribution in [2.24, 2.45) is 5.92 Å². The van der Waals surface area contributed by atoms with Crippen molar-refractivity contribution < 1.29 is 13.9 Å². The van der Waals surface area contributed by atoms with E-state index in [4.69, 9.17) is 9.15 Å². The number of benzene rings is 1. The lowest BCUT2D eigenvalue weighted by molar-refractivity contribution is 0.00790. The first-order chi connectivity index (χ1) is 10.2. The molecule has 2 fully saturated rings. The quantitative estimate of drug-likeness (QED) is 0.808. The van der Waals surface area contributed by atoms with Gasteiger partial charge in [-0.3, -0.25) is 4.79 Å². The molecule has 3 atom stereocenters. The molecule has 0 unspecified atom stereocenters. The van der Waals surface area contributed by atoms with E-state index in [1.807, 2.05) is 35.2 Å². The first-order valence-corrected chi connectivity index (χ1v) is 7.64. The Morgan fingerprint density at radius 3 is 3.05 bits per heavy atom. The highest BCUT2D eigenvalue weighted by atomic mass is 16.5. The summed E-state index contributed by atoms with van der Waals surface area (Å²) < 4.78 is 11.6. The van der Waals surface area contributed by atoms with Gasteiger partial charge in [0.2, 0.25) is 0 Å². The molecule has 3 heterocycles. The third-order valence-electron chi connectivity index (χ3n) is 4.63. The smallest absolute Gasteiger partial charge is 0.289 e. The van der Waals surface area contributed by atoms with Crippen LogP contribution in [0.3, 0.4) is 0 Å². The number of rotatable bonds is 1. The summed E-state index contributed by atoms with van der Waals surface area (Å²) in [5.74, 6) is 0.924. The molecule has 0 saturated carbocycles. The van der Waals surface area contributed by atoms with Crippen LogP contribution in [0.1, 0.15) is 30.3 Å². The number of ether oxygens (including phenoxy) is 1. The zero-order valence-electron chi connectivity index (χ0n) is 12.1. The Hall–Kier alpha value is -1.81. The van der Waals surface area contributed by atoms with Crippen LogP contribution in [0.25, 0.3) is 11.0 Å². The largest absolute Gasteiger partial charge is 0.451 e. The Morgan fingerprint density at radius 1 is 1.33 bits per heavy atom. The second kappa shape index (κ2) is 4.88. The van der Waals surface area contributed by atoms with Gasteiger partial charge in [0.1, 0.15) is 5.58 Å². The van der Waals surface area contributed by atoms with Crippen LogP contribution < -0.4 is 0 Å². The predicted octanol–water partition coefficient (Wildman–Crippen LogP) is 3.07. The maximum atomic E-state index is 12.6. The molecule has 0 spiro atoms. The zero-order valence-corrected chi connectivity index (χ0v) is 12.1. The predicted molar refractivity (Wildman–Crippen MR) is 79.2 cm³/mol. The molecule has 2 aliphatic rings. The fourth-order valence-corrected chi connectivity index (χ4v) is 3.62. The van der Waals surface area contributed by atoms with Gasteiger partial charge < -0.3 is 14.1 Å². The molecule has 0 aliphatic carbocycles. The van der Waals surface area contributed by atoms with Gasteiger partial charge >= 0.3 is 0 Å². The molecule has 2 saturated heterocycles. The number of hydrogen-bond acceptors (Lipinski definition) is 3. The number of nitrogens with zero attached hydrogens (tertiary/aromatic N) is 1. The van der Waals surface area contributed by atoms with Crippen LogP contribution in [0.2, 0.25) is 0 Å². The Morgan fingerprint density at radius 2 is 2.19 bits per heavy atom. The molecule has 1 aromatic carbocycles. The van der Waals surface area contributed by atoms with Gasteiger partial charge in [-0.25, -0.2) is 0 Å². The fraction of sp³-hybridized carbons (Fsp3) is 0.471. The molecule has 4 rings (SSSR count). The summed E-state index contributed by atoms with van der Waals surface area (Å²) in [4.78, 5) is 14.5. The van der Waals surface area contributed by atoms with Crippen molar-refractivity contribution in [1.82, 2.24) is 4.90 Å². The van der Waals surface area contributed by atoms with Crippen LogP contribution in [0.15, 0.2) is 34.7 Å². The van der Waals surface area contributed by atoms with Crippen molar-refractivity contribution in [3.05, 3.63) is 36.1 Å². The lowest BCUT2D eigenvalue weighted by Crippen LogP contribution is -2.44. The number of furan rings is 1. The standard InChI is InChI=1S/C17H19NO3/c1-11-8-13-10-18(7-6-15(13)20-11)17(19)16-9-12-4-2-3-5-14(12)21-16/h2-5,9,11,13,15H,6-8,10H2,1H3/t11-,13-,15-/m1/s1. The molecule has 1 aromatic heterocycles. The Kier molecular flexibility index (Phi) is 3.00. The van der Waals surface area contributed by atoms with Gasteiger partial charge in [0.25, 0.3) is 5.91 Å². The van der Waals surface area contributed by atoms with Crippen molar-refractivity contribution in [2.45, 2.75) is 32.0 Å². The SMILES string of the molecule is C[C@@H]1C[C@@H]2CN(C(=O)c3cc4ccccc4o3)CC[C@H]2O1. The van der Waals surface area contributed by atoms with E-state index in [0.29, 0.717) is 23.9 Å². The molecule has 1 amide bonds. The number of para-hydroxylation sites is 1.